The van der Waals surface area contributed by atoms with E-state index in [1.807, 2.05) is 6.07 Å². The molecular weight excluding hydrogens is 246 g/mol. The Labute approximate surface area is 112 Å². The molecule has 0 aliphatic heterocycles. The second-order valence-electron chi connectivity index (χ2n) is 4.09. The Hall–Kier alpha value is -2.30. The van der Waals surface area contributed by atoms with Gasteiger partial charge in [-0.15, -0.1) is 0 Å². The molecule has 1 aromatic carbocycles. The number of ether oxygens (including phenoxy) is 2. The van der Waals surface area contributed by atoms with Gasteiger partial charge in [0, 0.05) is 11.3 Å². The van der Waals surface area contributed by atoms with Crippen molar-refractivity contribution in [1.29, 1.82) is 0 Å². The number of rotatable bonds is 5. The van der Waals surface area contributed by atoms with Gasteiger partial charge in [-0.1, -0.05) is 24.8 Å². The SMILES string of the molecule is C=C(C)C(=O)OC(C)COC(=O)Nc1ccccc1. The van der Waals surface area contributed by atoms with Gasteiger partial charge in [0.15, 0.2) is 0 Å². The molecule has 0 heterocycles. The van der Waals surface area contributed by atoms with Crippen molar-refractivity contribution < 1.29 is 19.1 Å². The minimum absolute atomic E-state index is 0.0162. The summed E-state index contributed by atoms with van der Waals surface area (Å²) >= 11 is 0. The Balaban J connectivity index is 2.30. The molecule has 1 atom stereocenters. The number of amides is 1. The van der Waals surface area contributed by atoms with E-state index in [0.717, 1.165) is 0 Å². The molecule has 1 aromatic rings. The quantitative estimate of drug-likeness (QED) is 0.655. The maximum absolute atomic E-state index is 11.4. The van der Waals surface area contributed by atoms with Crippen LogP contribution < -0.4 is 5.32 Å². The first kappa shape index (κ1) is 14.8. The molecule has 0 saturated heterocycles. The highest BCUT2D eigenvalue weighted by Crippen LogP contribution is 2.06. The molecule has 5 nitrogen and oxygen atoms in total. The van der Waals surface area contributed by atoms with E-state index in [9.17, 15) is 9.59 Å². The van der Waals surface area contributed by atoms with Crippen molar-refractivity contribution >= 4 is 17.7 Å². The predicted molar refractivity (Wildman–Crippen MR) is 71.8 cm³/mol. The van der Waals surface area contributed by atoms with Crippen molar-refractivity contribution in [2.75, 3.05) is 11.9 Å². The van der Waals surface area contributed by atoms with Crippen LogP contribution in [0.5, 0.6) is 0 Å². The number of nitrogens with one attached hydrogen (secondary N) is 1. The van der Waals surface area contributed by atoms with Gasteiger partial charge in [-0.05, 0) is 26.0 Å². The van der Waals surface area contributed by atoms with Gasteiger partial charge < -0.3 is 9.47 Å². The van der Waals surface area contributed by atoms with E-state index in [1.165, 1.54) is 0 Å². The molecule has 102 valence electrons. The van der Waals surface area contributed by atoms with Crippen LogP contribution in [0.2, 0.25) is 0 Å². The Morgan fingerprint density at radius 3 is 2.53 bits per heavy atom. The number of carbonyl (C=O) groups excluding carboxylic acids is 2. The summed E-state index contributed by atoms with van der Waals surface area (Å²) in [5.41, 5.74) is 0.944. The maximum atomic E-state index is 11.4. The zero-order valence-electron chi connectivity index (χ0n) is 11.0. The lowest BCUT2D eigenvalue weighted by molar-refractivity contribution is -0.145. The number of esters is 1. The number of carbonyl (C=O) groups is 2. The number of para-hydroxylation sites is 1. The van der Waals surface area contributed by atoms with Crippen LogP contribution in [0.4, 0.5) is 10.5 Å². The van der Waals surface area contributed by atoms with Crippen LogP contribution in [0, 0.1) is 0 Å². The van der Waals surface area contributed by atoms with Crippen LogP contribution in [-0.4, -0.2) is 24.8 Å². The predicted octanol–water partition coefficient (Wildman–Crippen LogP) is 2.74. The molecule has 0 radical (unpaired) electrons. The average molecular weight is 263 g/mol. The van der Waals surface area contributed by atoms with Gasteiger partial charge >= 0.3 is 12.1 Å². The second kappa shape index (κ2) is 7.20. The minimum Gasteiger partial charge on any atom is -0.456 e. The van der Waals surface area contributed by atoms with Crippen LogP contribution in [0.25, 0.3) is 0 Å². The molecule has 1 amide bonds. The van der Waals surface area contributed by atoms with E-state index in [1.54, 1.807) is 38.1 Å². The molecule has 5 heteroatoms. The van der Waals surface area contributed by atoms with Crippen LogP contribution in [0.1, 0.15) is 13.8 Å². The second-order valence-corrected chi connectivity index (χ2v) is 4.09. The molecule has 0 fully saturated rings. The highest BCUT2D eigenvalue weighted by atomic mass is 16.6. The van der Waals surface area contributed by atoms with Gasteiger partial charge in [0.05, 0.1) is 0 Å². The minimum atomic E-state index is -0.593. The monoisotopic (exact) mass is 263 g/mol. The van der Waals surface area contributed by atoms with E-state index in [-0.39, 0.29) is 6.61 Å². The van der Waals surface area contributed by atoms with E-state index in [0.29, 0.717) is 11.3 Å². The zero-order chi connectivity index (χ0) is 14.3. The van der Waals surface area contributed by atoms with Crippen molar-refractivity contribution in [2.45, 2.75) is 20.0 Å². The molecule has 1 unspecified atom stereocenters. The smallest absolute Gasteiger partial charge is 0.411 e. The van der Waals surface area contributed by atoms with Gasteiger partial charge in [-0.2, -0.15) is 0 Å². The normalized spacial score (nSPS) is 11.3. The maximum Gasteiger partial charge on any atom is 0.411 e. The summed E-state index contributed by atoms with van der Waals surface area (Å²) in [5, 5.41) is 2.55. The number of benzene rings is 1. The lowest BCUT2D eigenvalue weighted by atomic mass is 10.3. The molecule has 0 saturated carbocycles. The van der Waals surface area contributed by atoms with E-state index in [2.05, 4.69) is 11.9 Å². The van der Waals surface area contributed by atoms with Crippen LogP contribution in [0.15, 0.2) is 42.5 Å². The van der Waals surface area contributed by atoms with Gasteiger partial charge in [0.1, 0.15) is 12.7 Å². The standard InChI is InChI=1S/C14H17NO4/c1-10(2)13(16)19-11(3)9-18-14(17)15-12-7-5-4-6-8-12/h4-8,11H,1,9H2,2-3H3,(H,15,17). The molecule has 0 bridgehead atoms. The van der Waals surface area contributed by atoms with Crippen molar-refractivity contribution in [1.82, 2.24) is 0 Å². The van der Waals surface area contributed by atoms with E-state index < -0.39 is 18.2 Å². The van der Waals surface area contributed by atoms with E-state index >= 15 is 0 Å². The summed E-state index contributed by atoms with van der Waals surface area (Å²) in [6.45, 7) is 6.64. The number of hydrogen-bond donors (Lipinski definition) is 1. The summed E-state index contributed by atoms with van der Waals surface area (Å²) in [6, 6.07) is 8.92. The Bertz CT molecular complexity index is 456. The van der Waals surface area contributed by atoms with Gasteiger partial charge in [-0.25, -0.2) is 9.59 Å². The fourth-order valence-corrected chi connectivity index (χ4v) is 1.19. The van der Waals surface area contributed by atoms with Crippen molar-refractivity contribution in [3.63, 3.8) is 0 Å². The Morgan fingerprint density at radius 1 is 1.32 bits per heavy atom. The molecule has 19 heavy (non-hydrogen) atoms. The summed E-state index contributed by atoms with van der Waals surface area (Å²) in [7, 11) is 0. The van der Waals surface area contributed by atoms with Crippen molar-refractivity contribution in [3.8, 4) is 0 Å². The molecule has 1 N–H and O–H groups in total. The molecule has 0 aliphatic carbocycles. The average Bonchev–Trinajstić information content (AvgIpc) is 2.37. The summed E-state index contributed by atoms with van der Waals surface area (Å²) in [5.74, 6) is -0.500. The summed E-state index contributed by atoms with van der Waals surface area (Å²) < 4.78 is 9.90. The first-order valence-electron chi connectivity index (χ1n) is 5.84. The lowest BCUT2D eigenvalue weighted by Gasteiger charge is -2.13. The van der Waals surface area contributed by atoms with Crippen molar-refractivity contribution in [3.05, 3.63) is 42.5 Å². The Kier molecular flexibility index (Phi) is 5.60. The lowest BCUT2D eigenvalue weighted by Crippen LogP contribution is -2.24. The third-order valence-electron chi connectivity index (χ3n) is 2.13. The fourth-order valence-electron chi connectivity index (χ4n) is 1.19. The Morgan fingerprint density at radius 2 is 1.95 bits per heavy atom. The van der Waals surface area contributed by atoms with Gasteiger partial charge in [-0.3, -0.25) is 5.32 Å². The van der Waals surface area contributed by atoms with Crippen LogP contribution >= 0.6 is 0 Å². The highest BCUT2D eigenvalue weighted by Gasteiger charge is 2.12. The van der Waals surface area contributed by atoms with Gasteiger partial charge in [0.25, 0.3) is 0 Å². The topological polar surface area (TPSA) is 64.6 Å². The molecule has 0 aliphatic rings. The summed E-state index contributed by atoms with van der Waals surface area (Å²) in [4.78, 5) is 22.7. The highest BCUT2D eigenvalue weighted by molar-refractivity contribution is 5.87. The molecular formula is C14H17NO4. The van der Waals surface area contributed by atoms with Crippen molar-refractivity contribution in [2.24, 2.45) is 0 Å². The first-order valence-corrected chi connectivity index (χ1v) is 5.84. The van der Waals surface area contributed by atoms with E-state index in [4.69, 9.17) is 9.47 Å². The van der Waals surface area contributed by atoms with Gasteiger partial charge in [0.2, 0.25) is 0 Å². The largest absolute Gasteiger partial charge is 0.456 e. The summed E-state index contributed by atoms with van der Waals surface area (Å²) in [6.07, 6.45) is -1.12. The first-order chi connectivity index (χ1) is 8.99. The number of anilines is 1. The molecule has 0 aromatic heterocycles. The third-order valence-corrected chi connectivity index (χ3v) is 2.13. The molecule has 1 rings (SSSR count). The third kappa shape index (κ3) is 5.72. The van der Waals surface area contributed by atoms with Crippen LogP contribution in [0.3, 0.4) is 0 Å². The molecule has 0 spiro atoms. The zero-order valence-corrected chi connectivity index (χ0v) is 11.0. The fraction of sp³-hybridized carbons (Fsp3) is 0.286. The number of hydrogen-bond acceptors (Lipinski definition) is 4. The van der Waals surface area contributed by atoms with Crippen LogP contribution in [-0.2, 0) is 14.3 Å².